The SMILES string of the molecule is CO[C@H](O)/C=C(\O/C(O)=C(/O)[C@@H](O)CCO)[C@@H](CCO)O[C@H]1OC(C)[C@H](O)C(O)C1O. The molecule has 0 bridgehead atoms. The minimum atomic E-state index is -1.69. The molecule has 1 saturated heterocycles. The number of aliphatic hydroxyl groups excluding tert-OH is 9. The fraction of sp³-hybridized carbons (Fsp3) is 0.778. The highest BCUT2D eigenvalue weighted by Gasteiger charge is 2.43. The van der Waals surface area contributed by atoms with Gasteiger partial charge in [0, 0.05) is 39.2 Å². The summed E-state index contributed by atoms with van der Waals surface area (Å²) in [5, 5.41) is 87.3. The Hall–Kier alpha value is -1.52. The van der Waals surface area contributed by atoms with E-state index in [-0.39, 0.29) is 12.8 Å². The predicted molar refractivity (Wildman–Crippen MR) is 101 cm³/mol. The molecule has 1 heterocycles. The molecule has 0 amide bonds. The molecule has 0 spiro atoms. The summed E-state index contributed by atoms with van der Waals surface area (Å²) in [6.45, 7) is 0.430. The van der Waals surface area contributed by atoms with E-state index in [0.717, 1.165) is 13.2 Å². The Balaban J connectivity index is 3.17. The van der Waals surface area contributed by atoms with Crippen LogP contribution >= 0.6 is 0 Å². The predicted octanol–water partition coefficient (Wildman–Crippen LogP) is -2.52. The monoisotopic (exact) mass is 456 g/mol. The van der Waals surface area contributed by atoms with Crippen LogP contribution in [0.25, 0.3) is 0 Å². The lowest BCUT2D eigenvalue weighted by Crippen LogP contribution is -2.58. The van der Waals surface area contributed by atoms with E-state index in [0.29, 0.717) is 0 Å². The number of aliphatic hydroxyl groups is 9. The van der Waals surface area contributed by atoms with Gasteiger partial charge < -0.3 is 64.9 Å². The van der Waals surface area contributed by atoms with Crippen LogP contribution in [0, 0.1) is 0 Å². The van der Waals surface area contributed by atoms with Crippen molar-refractivity contribution in [3.05, 3.63) is 23.5 Å². The fourth-order valence-electron chi connectivity index (χ4n) is 2.66. The Morgan fingerprint density at radius 3 is 2.16 bits per heavy atom. The summed E-state index contributed by atoms with van der Waals surface area (Å²) in [5.41, 5.74) is 0. The number of ether oxygens (including phenoxy) is 4. The van der Waals surface area contributed by atoms with Gasteiger partial charge in [0.1, 0.15) is 36.3 Å². The Kier molecular flexibility index (Phi) is 11.6. The third-order valence-corrected chi connectivity index (χ3v) is 4.52. The van der Waals surface area contributed by atoms with Crippen LogP contribution in [0.5, 0.6) is 0 Å². The molecule has 0 aromatic rings. The van der Waals surface area contributed by atoms with E-state index in [1.807, 2.05) is 0 Å². The van der Waals surface area contributed by atoms with Gasteiger partial charge in [0.2, 0.25) is 5.76 Å². The minimum Gasteiger partial charge on any atom is -0.504 e. The second-order valence-electron chi connectivity index (χ2n) is 6.83. The van der Waals surface area contributed by atoms with Crippen molar-refractivity contribution in [2.24, 2.45) is 0 Å². The van der Waals surface area contributed by atoms with Crippen molar-refractivity contribution in [2.75, 3.05) is 20.3 Å². The van der Waals surface area contributed by atoms with Crippen molar-refractivity contribution < 1.29 is 64.9 Å². The molecule has 0 radical (unpaired) electrons. The van der Waals surface area contributed by atoms with Crippen molar-refractivity contribution in [2.45, 2.75) is 69.0 Å². The first-order chi connectivity index (χ1) is 14.6. The van der Waals surface area contributed by atoms with Gasteiger partial charge >= 0.3 is 5.95 Å². The number of methoxy groups -OCH3 is 1. The third kappa shape index (κ3) is 7.84. The van der Waals surface area contributed by atoms with Crippen LogP contribution in [0.15, 0.2) is 23.5 Å². The smallest absolute Gasteiger partial charge is 0.324 e. The zero-order valence-corrected chi connectivity index (χ0v) is 17.2. The molecule has 1 aliphatic rings. The van der Waals surface area contributed by atoms with Gasteiger partial charge in [-0.2, -0.15) is 0 Å². The maximum Gasteiger partial charge on any atom is 0.324 e. The van der Waals surface area contributed by atoms with Crippen molar-refractivity contribution in [3.8, 4) is 0 Å². The lowest BCUT2D eigenvalue weighted by molar-refractivity contribution is -0.303. The van der Waals surface area contributed by atoms with E-state index >= 15 is 0 Å². The van der Waals surface area contributed by atoms with Crippen molar-refractivity contribution >= 4 is 0 Å². The zero-order valence-electron chi connectivity index (χ0n) is 17.2. The van der Waals surface area contributed by atoms with Crippen LogP contribution in [0.2, 0.25) is 0 Å². The highest BCUT2D eigenvalue weighted by Crippen LogP contribution is 2.27. The normalized spacial score (nSPS) is 31.0. The van der Waals surface area contributed by atoms with E-state index in [4.69, 9.17) is 19.3 Å². The molecule has 1 fully saturated rings. The standard InChI is InChI=1S/C18H32O13/c1-8-13(23)15(25)16(26)18(29-8)31-10(4-6-20)11(7-12(22)28-2)30-17(27)14(24)9(21)3-5-19/h7-10,12-13,15-16,18-27H,3-6H2,1-2H3/b11-7-,17-14+/t8?,9-,10+,12-,13-,15?,16?,18+/m0/s1. The summed E-state index contributed by atoms with van der Waals surface area (Å²) in [7, 11) is 1.15. The summed E-state index contributed by atoms with van der Waals surface area (Å²) < 4.78 is 20.7. The van der Waals surface area contributed by atoms with Crippen LogP contribution in [0.1, 0.15) is 19.8 Å². The molecule has 8 atom stereocenters. The summed E-state index contributed by atoms with van der Waals surface area (Å²) in [5.74, 6) is -2.61. The van der Waals surface area contributed by atoms with E-state index in [1.54, 1.807) is 0 Å². The highest BCUT2D eigenvalue weighted by molar-refractivity contribution is 5.08. The summed E-state index contributed by atoms with van der Waals surface area (Å²) in [6, 6.07) is 0. The largest absolute Gasteiger partial charge is 0.504 e. The summed E-state index contributed by atoms with van der Waals surface area (Å²) in [6.07, 6.45) is -11.3. The van der Waals surface area contributed by atoms with Gasteiger partial charge in [0.25, 0.3) is 0 Å². The molecule has 13 heteroatoms. The third-order valence-electron chi connectivity index (χ3n) is 4.52. The van der Waals surface area contributed by atoms with E-state index in [2.05, 4.69) is 4.74 Å². The van der Waals surface area contributed by atoms with Crippen molar-refractivity contribution in [3.63, 3.8) is 0 Å². The van der Waals surface area contributed by atoms with Gasteiger partial charge in [-0.15, -0.1) is 0 Å². The minimum absolute atomic E-state index is 0.227. The molecule has 31 heavy (non-hydrogen) atoms. The van der Waals surface area contributed by atoms with E-state index in [9.17, 15) is 40.9 Å². The second-order valence-corrected chi connectivity index (χ2v) is 6.83. The molecular formula is C18H32O13. The molecular weight excluding hydrogens is 424 g/mol. The molecule has 1 aliphatic heterocycles. The molecule has 0 aromatic carbocycles. The van der Waals surface area contributed by atoms with Gasteiger partial charge in [-0.3, -0.25) is 0 Å². The lowest BCUT2D eigenvalue weighted by Gasteiger charge is -2.40. The summed E-state index contributed by atoms with van der Waals surface area (Å²) >= 11 is 0. The quantitative estimate of drug-likeness (QED) is 0.109. The maximum absolute atomic E-state index is 10.1. The number of rotatable bonds is 12. The molecule has 1 rings (SSSR count). The van der Waals surface area contributed by atoms with Gasteiger partial charge in [-0.25, -0.2) is 0 Å². The van der Waals surface area contributed by atoms with Crippen LogP contribution < -0.4 is 0 Å². The van der Waals surface area contributed by atoms with Crippen LogP contribution in [-0.2, 0) is 18.9 Å². The molecule has 0 aromatic heterocycles. The maximum atomic E-state index is 10.1. The number of hydrogen-bond acceptors (Lipinski definition) is 13. The summed E-state index contributed by atoms with van der Waals surface area (Å²) in [4.78, 5) is 0. The Labute approximate surface area is 178 Å². The topological polar surface area (TPSA) is 219 Å². The first kappa shape index (κ1) is 27.5. The molecule has 3 unspecified atom stereocenters. The molecule has 9 N–H and O–H groups in total. The number of hydrogen-bond donors (Lipinski definition) is 9. The second kappa shape index (κ2) is 13.1. The zero-order chi connectivity index (χ0) is 23.7. The average Bonchev–Trinajstić information content (AvgIpc) is 2.74. The lowest BCUT2D eigenvalue weighted by atomic mass is 10.00. The van der Waals surface area contributed by atoms with Crippen molar-refractivity contribution in [1.29, 1.82) is 0 Å². The molecule has 13 nitrogen and oxygen atoms in total. The van der Waals surface area contributed by atoms with Gasteiger partial charge in [-0.05, 0) is 6.92 Å². The van der Waals surface area contributed by atoms with Gasteiger partial charge in [-0.1, -0.05) is 0 Å². The Bertz CT molecular complexity index is 595. The highest BCUT2D eigenvalue weighted by atomic mass is 16.7. The van der Waals surface area contributed by atoms with E-state index in [1.165, 1.54) is 6.92 Å². The van der Waals surface area contributed by atoms with Crippen LogP contribution in [0.4, 0.5) is 0 Å². The van der Waals surface area contributed by atoms with Crippen molar-refractivity contribution in [1.82, 2.24) is 0 Å². The van der Waals surface area contributed by atoms with Gasteiger partial charge in [0.05, 0.1) is 6.10 Å². The molecule has 182 valence electrons. The fourth-order valence-corrected chi connectivity index (χ4v) is 2.66. The molecule has 0 saturated carbocycles. The van der Waals surface area contributed by atoms with Crippen LogP contribution in [0.3, 0.4) is 0 Å². The molecule has 0 aliphatic carbocycles. The van der Waals surface area contributed by atoms with E-state index < -0.39 is 79.9 Å². The van der Waals surface area contributed by atoms with Gasteiger partial charge in [0.15, 0.2) is 12.6 Å². The first-order valence-corrected chi connectivity index (χ1v) is 9.54. The van der Waals surface area contributed by atoms with Crippen LogP contribution in [-0.4, -0.2) is 115 Å². The first-order valence-electron chi connectivity index (χ1n) is 9.54. The average molecular weight is 456 g/mol. The Morgan fingerprint density at radius 1 is 1.00 bits per heavy atom. The Morgan fingerprint density at radius 2 is 1.61 bits per heavy atom.